The summed E-state index contributed by atoms with van der Waals surface area (Å²) in [5.74, 6) is 0.197. The SMILES string of the molecule is O=C1COc2c(cccc2C(=O)N2CCN(C(c3ccccc3)c3ccccc3)CC2)N1. The summed E-state index contributed by atoms with van der Waals surface area (Å²) in [5.41, 5.74) is 3.55. The van der Waals surface area contributed by atoms with Crippen LogP contribution < -0.4 is 10.1 Å². The number of anilines is 1. The first kappa shape index (κ1) is 20.3. The van der Waals surface area contributed by atoms with Crippen molar-refractivity contribution in [3.8, 4) is 5.75 Å². The van der Waals surface area contributed by atoms with Gasteiger partial charge in [-0.1, -0.05) is 66.7 Å². The second-order valence-electron chi connectivity index (χ2n) is 8.07. The first-order valence-corrected chi connectivity index (χ1v) is 10.9. The van der Waals surface area contributed by atoms with Gasteiger partial charge in [0.25, 0.3) is 11.8 Å². The summed E-state index contributed by atoms with van der Waals surface area (Å²) in [7, 11) is 0. The minimum atomic E-state index is -0.205. The molecule has 0 aliphatic carbocycles. The normalized spacial score (nSPS) is 16.3. The molecule has 1 fully saturated rings. The van der Waals surface area contributed by atoms with Gasteiger partial charge in [-0.25, -0.2) is 0 Å². The Morgan fingerprint density at radius 2 is 1.44 bits per heavy atom. The lowest BCUT2D eigenvalue weighted by atomic mass is 9.96. The number of nitrogens with zero attached hydrogens (tertiary/aromatic N) is 2. The van der Waals surface area contributed by atoms with Crippen molar-refractivity contribution < 1.29 is 14.3 Å². The number of hydrogen-bond donors (Lipinski definition) is 1. The molecule has 0 unspecified atom stereocenters. The van der Waals surface area contributed by atoms with E-state index in [2.05, 4.69) is 58.7 Å². The average Bonchev–Trinajstić information content (AvgIpc) is 2.85. The van der Waals surface area contributed by atoms with Crippen molar-refractivity contribution in [1.82, 2.24) is 9.80 Å². The van der Waals surface area contributed by atoms with Crippen LogP contribution in [0.25, 0.3) is 0 Å². The average molecular weight is 428 g/mol. The van der Waals surface area contributed by atoms with Gasteiger partial charge in [0.05, 0.1) is 17.3 Å². The highest BCUT2D eigenvalue weighted by atomic mass is 16.5. The van der Waals surface area contributed by atoms with Crippen molar-refractivity contribution in [1.29, 1.82) is 0 Å². The summed E-state index contributed by atoms with van der Waals surface area (Å²) in [6.07, 6.45) is 0. The van der Waals surface area contributed by atoms with Gasteiger partial charge in [0.2, 0.25) is 0 Å². The Kier molecular flexibility index (Phi) is 5.60. The number of fused-ring (bicyclic) bond motifs is 1. The summed E-state index contributed by atoms with van der Waals surface area (Å²) < 4.78 is 5.58. The third-order valence-electron chi connectivity index (χ3n) is 6.06. The lowest BCUT2D eigenvalue weighted by Gasteiger charge is -2.40. The maximum Gasteiger partial charge on any atom is 0.262 e. The molecule has 2 aliphatic heterocycles. The van der Waals surface area contributed by atoms with Crippen LogP contribution >= 0.6 is 0 Å². The van der Waals surface area contributed by atoms with Crippen LogP contribution in [-0.2, 0) is 4.79 Å². The van der Waals surface area contributed by atoms with E-state index in [0.717, 1.165) is 13.1 Å². The van der Waals surface area contributed by atoms with Crippen LogP contribution in [-0.4, -0.2) is 54.4 Å². The highest BCUT2D eigenvalue weighted by Gasteiger charge is 2.31. The molecule has 0 aromatic heterocycles. The Morgan fingerprint density at radius 1 is 0.812 bits per heavy atom. The third kappa shape index (κ3) is 3.97. The number of ether oxygens (including phenoxy) is 1. The zero-order valence-corrected chi connectivity index (χ0v) is 17.7. The summed E-state index contributed by atoms with van der Waals surface area (Å²) in [6.45, 7) is 2.73. The zero-order chi connectivity index (χ0) is 21.9. The molecule has 0 bridgehead atoms. The predicted octanol–water partition coefficient (Wildman–Crippen LogP) is 3.56. The van der Waals surface area contributed by atoms with Gasteiger partial charge in [0.15, 0.2) is 12.4 Å². The monoisotopic (exact) mass is 427 g/mol. The number of amides is 2. The van der Waals surface area contributed by atoms with E-state index in [-0.39, 0.29) is 24.5 Å². The quantitative estimate of drug-likeness (QED) is 0.692. The van der Waals surface area contributed by atoms with E-state index in [1.807, 2.05) is 17.0 Å². The molecule has 162 valence electrons. The lowest BCUT2D eigenvalue weighted by molar-refractivity contribution is -0.118. The number of nitrogens with one attached hydrogen (secondary N) is 1. The van der Waals surface area contributed by atoms with Gasteiger partial charge in [0, 0.05) is 26.2 Å². The van der Waals surface area contributed by atoms with Gasteiger partial charge in [-0.05, 0) is 23.3 Å². The van der Waals surface area contributed by atoms with Crippen molar-refractivity contribution in [2.24, 2.45) is 0 Å². The fourth-order valence-corrected chi connectivity index (χ4v) is 4.52. The summed E-state index contributed by atoms with van der Waals surface area (Å²) >= 11 is 0. The summed E-state index contributed by atoms with van der Waals surface area (Å²) in [4.78, 5) is 29.2. The van der Waals surface area contributed by atoms with E-state index in [4.69, 9.17) is 4.74 Å². The van der Waals surface area contributed by atoms with E-state index in [0.29, 0.717) is 30.1 Å². The van der Waals surface area contributed by atoms with E-state index < -0.39 is 0 Å². The maximum absolute atomic E-state index is 13.3. The molecule has 5 rings (SSSR count). The number of carbonyl (C=O) groups excluding carboxylic acids is 2. The first-order valence-electron chi connectivity index (χ1n) is 10.9. The number of piperazine rings is 1. The molecule has 32 heavy (non-hydrogen) atoms. The Labute approximate surface area is 187 Å². The molecule has 0 radical (unpaired) electrons. The third-order valence-corrected chi connectivity index (χ3v) is 6.06. The largest absolute Gasteiger partial charge is 0.481 e. The lowest BCUT2D eigenvalue weighted by Crippen LogP contribution is -2.50. The highest BCUT2D eigenvalue weighted by Crippen LogP contribution is 2.33. The summed E-state index contributed by atoms with van der Waals surface area (Å²) in [6, 6.07) is 26.5. The molecule has 6 nitrogen and oxygen atoms in total. The summed E-state index contributed by atoms with van der Waals surface area (Å²) in [5, 5.41) is 2.77. The molecule has 2 amide bonds. The van der Waals surface area contributed by atoms with E-state index in [1.54, 1.807) is 18.2 Å². The Morgan fingerprint density at radius 3 is 2.06 bits per heavy atom. The smallest absolute Gasteiger partial charge is 0.262 e. The van der Waals surface area contributed by atoms with Gasteiger partial charge in [-0.15, -0.1) is 0 Å². The van der Waals surface area contributed by atoms with Crippen molar-refractivity contribution in [3.05, 3.63) is 95.6 Å². The molecule has 0 saturated carbocycles. The zero-order valence-electron chi connectivity index (χ0n) is 17.7. The van der Waals surface area contributed by atoms with Gasteiger partial charge in [-0.2, -0.15) is 0 Å². The molecule has 6 heteroatoms. The number of hydrogen-bond acceptors (Lipinski definition) is 4. The molecular formula is C26H25N3O3. The van der Waals surface area contributed by atoms with Crippen molar-refractivity contribution in [3.63, 3.8) is 0 Å². The number of benzene rings is 3. The minimum absolute atomic E-state index is 0.0615. The molecule has 2 aliphatic rings. The molecule has 3 aromatic rings. The molecule has 2 heterocycles. The first-order chi connectivity index (χ1) is 15.7. The second kappa shape index (κ2) is 8.85. The van der Waals surface area contributed by atoms with Crippen LogP contribution in [0.1, 0.15) is 27.5 Å². The van der Waals surface area contributed by atoms with E-state index >= 15 is 0 Å². The molecular weight excluding hydrogens is 402 g/mol. The molecule has 0 atom stereocenters. The number of para-hydroxylation sites is 1. The van der Waals surface area contributed by atoms with Crippen LogP contribution in [0.5, 0.6) is 5.75 Å². The van der Waals surface area contributed by atoms with Crippen molar-refractivity contribution in [2.45, 2.75) is 6.04 Å². The van der Waals surface area contributed by atoms with Crippen LogP contribution in [0.4, 0.5) is 5.69 Å². The van der Waals surface area contributed by atoms with Gasteiger partial charge in [-0.3, -0.25) is 14.5 Å². The van der Waals surface area contributed by atoms with Crippen LogP contribution in [0, 0.1) is 0 Å². The fraction of sp³-hybridized carbons (Fsp3) is 0.231. The molecule has 1 saturated heterocycles. The standard InChI is InChI=1S/C26H25N3O3/c30-23-18-32-25-21(12-7-13-22(25)27-23)26(31)29-16-14-28(15-17-29)24(19-8-3-1-4-9-19)20-10-5-2-6-11-20/h1-13,24H,14-18H2,(H,27,30). The van der Waals surface area contributed by atoms with Gasteiger partial charge in [0.1, 0.15) is 0 Å². The highest BCUT2D eigenvalue weighted by molar-refractivity contribution is 6.03. The van der Waals surface area contributed by atoms with E-state index in [1.165, 1.54) is 11.1 Å². The Bertz CT molecular complexity index is 1070. The number of carbonyl (C=O) groups is 2. The fourth-order valence-electron chi connectivity index (χ4n) is 4.52. The minimum Gasteiger partial charge on any atom is -0.481 e. The van der Waals surface area contributed by atoms with Crippen LogP contribution in [0.15, 0.2) is 78.9 Å². The topological polar surface area (TPSA) is 61.9 Å². The number of rotatable bonds is 4. The predicted molar refractivity (Wildman–Crippen MR) is 123 cm³/mol. The maximum atomic E-state index is 13.3. The van der Waals surface area contributed by atoms with E-state index in [9.17, 15) is 9.59 Å². The Balaban J connectivity index is 1.34. The van der Waals surface area contributed by atoms with Crippen molar-refractivity contribution >= 4 is 17.5 Å². The second-order valence-corrected chi connectivity index (χ2v) is 8.07. The van der Waals surface area contributed by atoms with Crippen molar-refractivity contribution in [2.75, 3.05) is 38.1 Å². The molecule has 0 spiro atoms. The van der Waals surface area contributed by atoms with Gasteiger partial charge >= 0.3 is 0 Å². The van der Waals surface area contributed by atoms with Crippen LogP contribution in [0.2, 0.25) is 0 Å². The molecule has 1 N–H and O–H groups in total. The molecule has 3 aromatic carbocycles. The Hall–Kier alpha value is -3.64. The van der Waals surface area contributed by atoms with Gasteiger partial charge < -0.3 is 15.0 Å². The van der Waals surface area contributed by atoms with Crippen LogP contribution in [0.3, 0.4) is 0 Å².